The van der Waals surface area contributed by atoms with Crippen LogP contribution in [0.1, 0.15) is 4.88 Å². The first-order valence-corrected chi connectivity index (χ1v) is 9.04. The third-order valence-electron chi connectivity index (χ3n) is 4.20. The van der Waals surface area contributed by atoms with Crippen molar-refractivity contribution in [2.75, 3.05) is 38.2 Å². The summed E-state index contributed by atoms with van der Waals surface area (Å²) in [5, 5.41) is 4.64. The number of methoxy groups -OCH3 is 1. The molecule has 0 saturated carbocycles. The predicted molar refractivity (Wildman–Crippen MR) is 98.0 cm³/mol. The van der Waals surface area contributed by atoms with Gasteiger partial charge in [0.05, 0.1) is 13.7 Å². The average Bonchev–Trinajstić information content (AvgIpc) is 3.19. The molecule has 25 heavy (non-hydrogen) atoms. The number of anilines is 1. The average molecular weight is 359 g/mol. The van der Waals surface area contributed by atoms with Crippen molar-refractivity contribution >= 4 is 28.8 Å². The maximum absolute atomic E-state index is 12.3. The minimum atomic E-state index is -0.536. The van der Waals surface area contributed by atoms with Crippen LogP contribution in [0.4, 0.5) is 5.69 Å². The van der Waals surface area contributed by atoms with Crippen molar-refractivity contribution in [1.29, 1.82) is 0 Å². The Kier molecular flexibility index (Phi) is 5.55. The number of ether oxygens (including phenoxy) is 1. The SMILES string of the molecule is COc1ccc(N2CCN(C(=O)C(=O)NCc3cccs3)CC2)cc1. The van der Waals surface area contributed by atoms with Crippen LogP contribution >= 0.6 is 11.3 Å². The van der Waals surface area contributed by atoms with E-state index in [-0.39, 0.29) is 0 Å². The smallest absolute Gasteiger partial charge is 0.312 e. The van der Waals surface area contributed by atoms with Gasteiger partial charge >= 0.3 is 11.8 Å². The van der Waals surface area contributed by atoms with Crippen molar-refractivity contribution in [3.63, 3.8) is 0 Å². The van der Waals surface area contributed by atoms with Gasteiger partial charge in [-0.15, -0.1) is 11.3 Å². The highest BCUT2D eigenvalue weighted by Crippen LogP contribution is 2.20. The number of carbonyl (C=O) groups is 2. The Bertz CT molecular complexity index is 708. The first-order chi connectivity index (χ1) is 12.2. The fraction of sp³-hybridized carbons (Fsp3) is 0.333. The van der Waals surface area contributed by atoms with Crippen molar-refractivity contribution in [3.05, 3.63) is 46.7 Å². The molecule has 0 spiro atoms. The summed E-state index contributed by atoms with van der Waals surface area (Å²) >= 11 is 1.56. The van der Waals surface area contributed by atoms with Gasteiger partial charge in [-0.25, -0.2) is 0 Å². The van der Waals surface area contributed by atoms with Gasteiger partial charge in [-0.3, -0.25) is 9.59 Å². The number of carbonyl (C=O) groups excluding carboxylic acids is 2. The van der Waals surface area contributed by atoms with Crippen LogP contribution in [0.15, 0.2) is 41.8 Å². The van der Waals surface area contributed by atoms with E-state index in [4.69, 9.17) is 4.74 Å². The molecule has 3 rings (SSSR count). The van der Waals surface area contributed by atoms with E-state index < -0.39 is 11.8 Å². The molecule has 6 nitrogen and oxygen atoms in total. The van der Waals surface area contributed by atoms with Gasteiger partial charge in [0.25, 0.3) is 0 Å². The molecule has 1 N–H and O–H groups in total. The molecule has 1 fully saturated rings. The van der Waals surface area contributed by atoms with Gasteiger partial charge in [-0.1, -0.05) is 6.07 Å². The molecule has 2 heterocycles. The zero-order valence-corrected chi connectivity index (χ0v) is 14.9. The summed E-state index contributed by atoms with van der Waals surface area (Å²) in [6, 6.07) is 11.7. The number of thiophene rings is 1. The summed E-state index contributed by atoms with van der Waals surface area (Å²) in [5.41, 5.74) is 1.09. The zero-order valence-electron chi connectivity index (χ0n) is 14.1. The summed E-state index contributed by atoms with van der Waals surface area (Å²) in [5.74, 6) is -0.169. The lowest BCUT2D eigenvalue weighted by Gasteiger charge is -2.35. The van der Waals surface area contributed by atoms with Crippen molar-refractivity contribution in [2.45, 2.75) is 6.54 Å². The van der Waals surface area contributed by atoms with Crippen LogP contribution in [0.25, 0.3) is 0 Å². The van der Waals surface area contributed by atoms with Crippen molar-refractivity contribution in [1.82, 2.24) is 10.2 Å². The van der Waals surface area contributed by atoms with E-state index in [9.17, 15) is 9.59 Å². The highest BCUT2D eigenvalue weighted by Gasteiger charge is 2.26. The molecule has 1 aromatic heterocycles. The zero-order chi connectivity index (χ0) is 17.6. The van der Waals surface area contributed by atoms with Crippen LogP contribution in [0, 0.1) is 0 Å². The minimum absolute atomic E-state index is 0.397. The van der Waals surface area contributed by atoms with Gasteiger partial charge in [0, 0.05) is 36.7 Å². The standard InChI is InChI=1S/C18H21N3O3S/c1-24-15-6-4-14(5-7-15)20-8-10-21(11-9-20)18(23)17(22)19-13-16-3-2-12-25-16/h2-7,12H,8-11,13H2,1H3,(H,19,22). The van der Waals surface area contributed by atoms with Crippen LogP contribution in [0.3, 0.4) is 0 Å². The van der Waals surface area contributed by atoms with Crippen LogP contribution in [-0.4, -0.2) is 50.0 Å². The minimum Gasteiger partial charge on any atom is -0.497 e. The van der Waals surface area contributed by atoms with E-state index in [1.807, 2.05) is 41.8 Å². The van der Waals surface area contributed by atoms with E-state index in [2.05, 4.69) is 10.2 Å². The topological polar surface area (TPSA) is 61.9 Å². The van der Waals surface area contributed by atoms with Gasteiger partial charge in [-0.2, -0.15) is 0 Å². The third-order valence-corrected chi connectivity index (χ3v) is 5.08. The second kappa shape index (κ2) is 8.02. The lowest BCUT2D eigenvalue weighted by atomic mass is 10.2. The molecule has 0 radical (unpaired) electrons. The van der Waals surface area contributed by atoms with E-state index in [1.54, 1.807) is 23.3 Å². The summed E-state index contributed by atoms with van der Waals surface area (Å²) in [7, 11) is 1.64. The normalized spacial score (nSPS) is 14.3. The monoisotopic (exact) mass is 359 g/mol. The molecule has 0 bridgehead atoms. The first-order valence-electron chi connectivity index (χ1n) is 8.16. The van der Waals surface area contributed by atoms with Gasteiger partial charge in [-0.05, 0) is 35.7 Å². The molecule has 7 heteroatoms. The summed E-state index contributed by atoms with van der Waals surface area (Å²) in [6.07, 6.45) is 0. The number of piperazine rings is 1. The Morgan fingerprint density at radius 1 is 1.12 bits per heavy atom. The Morgan fingerprint density at radius 2 is 1.84 bits per heavy atom. The van der Waals surface area contributed by atoms with E-state index >= 15 is 0 Å². The molecule has 1 saturated heterocycles. The quantitative estimate of drug-likeness (QED) is 0.845. The van der Waals surface area contributed by atoms with Crippen molar-refractivity contribution in [2.24, 2.45) is 0 Å². The molecule has 1 aliphatic rings. The van der Waals surface area contributed by atoms with Gasteiger partial charge in [0.2, 0.25) is 0 Å². The second-order valence-corrected chi connectivity index (χ2v) is 6.77. The Balaban J connectivity index is 1.48. The van der Waals surface area contributed by atoms with Crippen molar-refractivity contribution < 1.29 is 14.3 Å². The summed E-state index contributed by atoms with van der Waals surface area (Å²) < 4.78 is 5.17. The Labute approximate surface area is 151 Å². The fourth-order valence-electron chi connectivity index (χ4n) is 2.76. The molecule has 132 valence electrons. The summed E-state index contributed by atoms with van der Waals surface area (Å²) in [4.78, 5) is 29.1. The lowest BCUT2D eigenvalue weighted by Crippen LogP contribution is -2.52. The highest BCUT2D eigenvalue weighted by molar-refractivity contribution is 7.09. The van der Waals surface area contributed by atoms with E-state index in [1.165, 1.54) is 0 Å². The number of hydrogen-bond donors (Lipinski definition) is 1. The first kappa shape index (κ1) is 17.3. The van der Waals surface area contributed by atoms with Crippen molar-refractivity contribution in [3.8, 4) is 5.75 Å². The number of amides is 2. The fourth-order valence-corrected chi connectivity index (χ4v) is 3.41. The van der Waals surface area contributed by atoms with Crippen LogP contribution in [-0.2, 0) is 16.1 Å². The molecule has 2 aromatic rings. The number of rotatable bonds is 4. The molecular formula is C18H21N3O3S. The molecule has 1 aromatic carbocycles. The number of nitrogens with zero attached hydrogens (tertiary/aromatic N) is 2. The predicted octanol–water partition coefficient (Wildman–Crippen LogP) is 1.72. The van der Waals surface area contributed by atoms with Crippen LogP contribution in [0.2, 0.25) is 0 Å². The van der Waals surface area contributed by atoms with Gasteiger partial charge in [0.1, 0.15) is 5.75 Å². The molecule has 0 atom stereocenters. The number of hydrogen-bond acceptors (Lipinski definition) is 5. The molecule has 2 amide bonds. The maximum Gasteiger partial charge on any atom is 0.312 e. The lowest BCUT2D eigenvalue weighted by molar-refractivity contribution is -0.146. The Hall–Kier alpha value is -2.54. The molecule has 0 unspecified atom stereocenters. The second-order valence-electron chi connectivity index (χ2n) is 5.74. The van der Waals surface area contributed by atoms with Gasteiger partial charge < -0.3 is 19.9 Å². The molecular weight excluding hydrogens is 338 g/mol. The molecule has 1 aliphatic heterocycles. The van der Waals surface area contributed by atoms with Crippen LogP contribution < -0.4 is 15.0 Å². The van der Waals surface area contributed by atoms with Crippen LogP contribution in [0.5, 0.6) is 5.75 Å². The molecule has 0 aliphatic carbocycles. The third kappa shape index (κ3) is 4.30. The number of nitrogens with one attached hydrogen (secondary N) is 1. The highest BCUT2D eigenvalue weighted by atomic mass is 32.1. The van der Waals surface area contributed by atoms with E-state index in [0.717, 1.165) is 16.3 Å². The Morgan fingerprint density at radius 3 is 2.44 bits per heavy atom. The number of benzene rings is 1. The largest absolute Gasteiger partial charge is 0.497 e. The van der Waals surface area contributed by atoms with E-state index in [0.29, 0.717) is 32.7 Å². The van der Waals surface area contributed by atoms with Gasteiger partial charge in [0.15, 0.2) is 0 Å². The maximum atomic E-state index is 12.3. The summed E-state index contributed by atoms with van der Waals surface area (Å²) in [6.45, 7) is 2.88.